The third-order valence-corrected chi connectivity index (χ3v) is 4.53. The lowest BCUT2D eigenvalue weighted by Gasteiger charge is -2.32. The lowest BCUT2D eigenvalue weighted by Crippen LogP contribution is -2.59. The van der Waals surface area contributed by atoms with Crippen LogP contribution in [0.4, 0.5) is 14.4 Å². The molecule has 0 heterocycles. The van der Waals surface area contributed by atoms with Gasteiger partial charge in [0.25, 0.3) is 5.72 Å². The van der Waals surface area contributed by atoms with Crippen LogP contribution in [0.25, 0.3) is 0 Å². The molecule has 0 aromatic heterocycles. The maximum atomic E-state index is 12.4. The first-order valence-electron chi connectivity index (χ1n) is 10.4. The molecule has 0 aliphatic heterocycles. The van der Waals surface area contributed by atoms with E-state index < -0.39 is 48.7 Å². The number of carbonyl (C=O) groups is 4. The van der Waals surface area contributed by atoms with Crippen molar-refractivity contribution in [1.29, 1.82) is 0 Å². The van der Waals surface area contributed by atoms with Gasteiger partial charge in [-0.25, -0.2) is 19.2 Å². The Hall–Kier alpha value is -3.54. The molecule has 1 aromatic rings. The monoisotopic (exact) mass is 485 g/mol. The zero-order valence-corrected chi connectivity index (χ0v) is 20.2. The molecule has 0 bridgehead atoms. The number of hydrogen-bond donors (Lipinski definition) is 2. The largest absolute Gasteiger partial charge is 0.513 e. The number of methoxy groups -OCH3 is 2. The van der Waals surface area contributed by atoms with Gasteiger partial charge in [0.05, 0.1) is 14.2 Å². The molecule has 12 nitrogen and oxygen atoms in total. The molecule has 0 aliphatic rings. The Morgan fingerprint density at radius 2 is 1.47 bits per heavy atom. The summed E-state index contributed by atoms with van der Waals surface area (Å²) < 4.78 is 29.3. The SMILES string of the molecule is COC(=O)Oc1ccc(C[C@](NC(C)C)(OC(=O)OC(C)C(C)C)C(=O)O)cc1OC(=O)OC. The van der Waals surface area contributed by atoms with Gasteiger partial charge in [0, 0.05) is 12.5 Å². The van der Waals surface area contributed by atoms with Gasteiger partial charge in [-0.15, -0.1) is 0 Å². The normalized spacial score (nSPS) is 13.4. The summed E-state index contributed by atoms with van der Waals surface area (Å²) in [5, 5.41) is 12.7. The first kappa shape index (κ1) is 28.5. The van der Waals surface area contributed by atoms with E-state index in [4.69, 9.17) is 18.9 Å². The highest BCUT2D eigenvalue weighted by Gasteiger charge is 2.44. The Kier molecular flexibility index (Phi) is 10.6. The molecule has 0 saturated carbocycles. The minimum absolute atomic E-state index is 0.0229. The average molecular weight is 485 g/mol. The molecule has 1 unspecified atom stereocenters. The Balaban J connectivity index is 3.37. The molecule has 0 saturated heterocycles. The molecule has 0 fully saturated rings. The van der Waals surface area contributed by atoms with Crippen molar-refractivity contribution in [3.63, 3.8) is 0 Å². The maximum Gasteiger partial charge on any atom is 0.513 e. The van der Waals surface area contributed by atoms with Crippen molar-refractivity contribution < 1.29 is 52.7 Å². The highest BCUT2D eigenvalue weighted by Crippen LogP contribution is 2.31. The fraction of sp³-hybridized carbons (Fsp3) is 0.545. The van der Waals surface area contributed by atoms with Crippen LogP contribution in [0.15, 0.2) is 18.2 Å². The molecule has 190 valence electrons. The van der Waals surface area contributed by atoms with Crippen LogP contribution >= 0.6 is 0 Å². The van der Waals surface area contributed by atoms with Gasteiger partial charge in [0.1, 0.15) is 6.10 Å². The molecule has 1 aromatic carbocycles. The van der Waals surface area contributed by atoms with Crippen LogP contribution in [0.3, 0.4) is 0 Å². The number of aliphatic carboxylic acids is 1. The number of carboxylic acid groups (broad SMARTS) is 1. The van der Waals surface area contributed by atoms with E-state index in [1.165, 1.54) is 18.2 Å². The third-order valence-electron chi connectivity index (χ3n) is 4.53. The van der Waals surface area contributed by atoms with E-state index in [0.717, 1.165) is 14.2 Å². The number of benzene rings is 1. The van der Waals surface area contributed by atoms with Gasteiger partial charge in [-0.3, -0.25) is 5.32 Å². The van der Waals surface area contributed by atoms with Crippen molar-refractivity contribution in [2.75, 3.05) is 14.2 Å². The Morgan fingerprint density at radius 3 is 1.94 bits per heavy atom. The Morgan fingerprint density at radius 1 is 0.912 bits per heavy atom. The molecule has 1 rings (SSSR count). The van der Waals surface area contributed by atoms with Gasteiger partial charge >= 0.3 is 24.4 Å². The van der Waals surface area contributed by atoms with Gasteiger partial charge in [0.2, 0.25) is 0 Å². The molecule has 12 heteroatoms. The number of rotatable bonds is 10. The van der Waals surface area contributed by atoms with Crippen molar-refractivity contribution in [3.05, 3.63) is 23.8 Å². The van der Waals surface area contributed by atoms with Crippen LogP contribution in [-0.4, -0.2) is 61.6 Å². The average Bonchev–Trinajstić information content (AvgIpc) is 2.74. The minimum Gasteiger partial charge on any atom is -0.477 e. The summed E-state index contributed by atoms with van der Waals surface area (Å²) in [5.74, 6) is -1.95. The summed E-state index contributed by atoms with van der Waals surface area (Å²) in [6.45, 7) is 8.65. The van der Waals surface area contributed by atoms with E-state index in [1.807, 2.05) is 13.8 Å². The lowest BCUT2D eigenvalue weighted by molar-refractivity contribution is -0.168. The molecule has 0 aliphatic carbocycles. The summed E-state index contributed by atoms with van der Waals surface area (Å²) in [7, 11) is 2.17. The summed E-state index contributed by atoms with van der Waals surface area (Å²) in [6, 6.07) is 3.47. The number of carboxylic acids is 1. The molecular weight excluding hydrogens is 454 g/mol. The van der Waals surface area contributed by atoms with Crippen molar-refractivity contribution in [2.24, 2.45) is 5.92 Å². The third kappa shape index (κ3) is 8.43. The van der Waals surface area contributed by atoms with E-state index in [-0.39, 0.29) is 23.0 Å². The summed E-state index contributed by atoms with van der Waals surface area (Å²) >= 11 is 0. The van der Waals surface area contributed by atoms with E-state index in [0.29, 0.717) is 0 Å². The van der Waals surface area contributed by atoms with Crippen LogP contribution in [0.2, 0.25) is 0 Å². The molecule has 0 radical (unpaired) electrons. The fourth-order valence-corrected chi connectivity index (χ4v) is 2.59. The molecule has 0 spiro atoms. The molecule has 0 amide bonds. The van der Waals surface area contributed by atoms with Crippen LogP contribution < -0.4 is 14.8 Å². The van der Waals surface area contributed by atoms with Gasteiger partial charge in [-0.1, -0.05) is 19.9 Å². The molecular formula is C22H31NO11. The lowest BCUT2D eigenvalue weighted by atomic mass is 10.0. The van der Waals surface area contributed by atoms with Gasteiger partial charge in [-0.2, -0.15) is 0 Å². The number of hydrogen-bond acceptors (Lipinski definition) is 11. The molecule has 2 atom stereocenters. The van der Waals surface area contributed by atoms with E-state index in [2.05, 4.69) is 14.8 Å². The number of carbonyl (C=O) groups excluding carboxylic acids is 3. The van der Waals surface area contributed by atoms with Crippen molar-refractivity contribution >= 4 is 24.4 Å². The van der Waals surface area contributed by atoms with Crippen LogP contribution in [0.5, 0.6) is 11.5 Å². The first-order valence-corrected chi connectivity index (χ1v) is 10.4. The van der Waals surface area contributed by atoms with Gasteiger partial charge in [-0.05, 0) is 44.4 Å². The molecule has 2 N–H and O–H groups in total. The second-order valence-corrected chi connectivity index (χ2v) is 7.92. The maximum absolute atomic E-state index is 12.4. The highest BCUT2D eigenvalue weighted by molar-refractivity contribution is 5.80. The summed E-state index contributed by atoms with van der Waals surface area (Å²) in [6.07, 6.45) is -4.28. The molecule has 34 heavy (non-hydrogen) atoms. The minimum atomic E-state index is -2.23. The first-order chi connectivity index (χ1) is 15.8. The summed E-state index contributed by atoms with van der Waals surface area (Å²) in [5.41, 5.74) is -1.98. The topological polar surface area (TPSA) is 156 Å². The zero-order valence-electron chi connectivity index (χ0n) is 20.2. The number of nitrogens with one attached hydrogen (secondary N) is 1. The van der Waals surface area contributed by atoms with Crippen LogP contribution in [0, 0.1) is 5.92 Å². The predicted octanol–water partition coefficient (Wildman–Crippen LogP) is 3.50. The van der Waals surface area contributed by atoms with Gasteiger partial charge in [0.15, 0.2) is 11.5 Å². The van der Waals surface area contributed by atoms with Crippen molar-refractivity contribution in [2.45, 2.75) is 58.9 Å². The second-order valence-electron chi connectivity index (χ2n) is 7.92. The zero-order chi connectivity index (χ0) is 26.1. The van der Waals surface area contributed by atoms with Crippen LogP contribution in [-0.2, 0) is 30.2 Å². The van der Waals surface area contributed by atoms with E-state index in [9.17, 15) is 24.3 Å². The summed E-state index contributed by atoms with van der Waals surface area (Å²) in [4.78, 5) is 47.8. The quantitative estimate of drug-likeness (QED) is 0.215. The van der Waals surface area contributed by atoms with Crippen molar-refractivity contribution in [3.8, 4) is 11.5 Å². The fourth-order valence-electron chi connectivity index (χ4n) is 2.59. The predicted molar refractivity (Wildman–Crippen MR) is 117 cm³/mol. The van der Waals surface area contributed by atoms with E-state index >= 15 is 0 Å². The second kappa shape index (κ2) is 12.6. The van der Waals surface area contributed by atoms with Gasteiger partial charge < -0.3 is 33.5 Å². The van der Waals surface area contributed by atoms with Crippen LogP contribution in [0.1, 0.15) is 40.2 Å². The number of ether oxygens (including phenoxy) is 6. The standard InChI is InChI=1S/C22H31NO11/c1-12(2)14(5)31-21(28)34-22(18(24)25,23-13(3)4)11-15-8-9-16(32-19(26)29-6)17(10-15)33-20(27)30-7/h8-10,12-14,23H,11H2,1-7H3,(H,24,25)/t14?,22-/m0/s1. The van der Waals surface area contributed by atoms with Crippen molar-refractivity contribution in [1.82, 2.24) is 5.32 Å². The Labute approximate surface area is 197 Å². The Bertz CT molecular complexity index is 884. The highest BCUT2D eigenvalue weighted by atomic mass is 16.8. The van der Waals surface area contributed by atoms with E-state index in [1.54, 1.807) is 20.8 Å². The smallest absolute Gasteiger partial charge is 0.477 e.